The van der Waals surface area contributed by atoms with E-state index in [1.807, 2.05) is 0 Å². The van der Waals surface area contributed by atoms with Crippen molar-refractivity contribution in [1.82, 2.24) is 25.5 Å². The summed E-state index contributed by atoms with van der Waals surface area (Å²) in [7, 11) is 0. The molecule has 86 valence electrons. The number of nitrogens with zero attached hydrogens (tertiary/aromatic N) is 2. The highest BCUT2D eigenvalue weighted by Gasteiger charge is 2.07. The maximum Gasteiger partial charge on any atom is 0.263 e. The summed E-state index contributed by atoms with van der Waals surface area (Å²) >= 11 is 0. The van der Waals surface area contributed by atoms with Crippen LogP contribution in [0.25, 0.3) is 11.0 Å². The third kappa shape index (κ3) is 2.31. The Balaban J connectivity index is 2.31. The first-order valence-electron chi connectivity index (χ1n) is 4.83. The maximum atomic E-state index is 11.5. The van der Waals surface area contributed by atoms with E-state index in [1.54, 1.807) is 0 Å². The molecule has 0 spiro atoms. The number of hydrogen-bond acceptors (Lipinski definition) is 4. The Morgan fingerprint density at radius 1 is 1.59 bits per heavy atom. The number of fused-ring (bicyclic) bond motifs is 1. The van der Waals surface area contributed by atoms with Crippen LogP contribution >= 0.6 is 0 Å². The van der Waals surface area contributed by atoms with Crippen LogP contribution in [0, 0.1) is 11.8 Å². The molecule has 0 fully saturated rings. The van der Waals surface area contributed by atoms with Crippen molar-refractivity contribution in [3.05, 3.63) is 22.4 Å². The lowest BCUT2D eigenvalue weighted by Gasteiger charge is -1.90. The Kier molecular flexibility index (Phi) is 2.87. The molecule has 0 radical (unpaired) electrons. The third-order valence-corrected chi connectivity index (χ3v) is 2.00. The van der Waals surface area contributed by atoms with Crippen LogP contribution in [-0.2, 0) is 4.79 Å². The van der Waals surface area contributed by atoms with Gasteiger partial charge in [0.05, 0.1) is 12.9 Å². The summed E-state index contributed by atoms with van der Waals surface area (Å²) in [5.74, 6) is 5.27. The van der Waals surface area contributed by atoms with Gasteiger partial charge >= 0.3 is 0 Å². The second-order valence-corrected chi connectivity index (χ2v) is 3.24. The number of carbonyl (C=O) groups excluding carboxylic acids is 1. The minimum atomic E-state index is -0.299. The average Bonchev–Trinajstić information content (AvgIpc) is 2.69. The fraction of sp³-hybridized carbons (Fsp3) is 0.200. The highest BCUT2D eigenvalue weighted by Crippen LogP contribution is 2.05. The van der Waals surface area contributed by atoms with Crippen molar-refractivity contribution in [1.29, 1.82) is 0 Å². The van der Waals surface area contributed by atoms with Gasteiger partial charge in [0.25, 0.3) is 5.56 Å². The molecule has 7 nitrogen and oxygen atoms in total. The quantitative estimate of drug-likeness (QED) is 0.555. The van der Waals surface area contributed by atoms with E-state index in [2.05, 4.69) is 37.3 Å². The van der Waals surface area contributed by atoms with Crippen molar-refractivity contribution < 1.29 is 4.79 Å². The zero-order chi connectivity index (χ0) is 12.3. The lowest BCUT2D eigenvalue weighted by atomic mass is 10.3. The zero-order valence-corrected chi connectivity index (χ0v) is 9.00. The molecule has 2 aromatic heterocycles. The number of aromatic amines is 2. The minimum absolute atomic E-state index is 0.159. The van der Waals surface area contributed by atoms with Crippen molar-refractivity contribution in [3.63, 3.8) is 0 Å². The summed E-state index contributed by atoms with van der Waals surface area (Å²) in [5.41, 5.74) is 0.407. The van der Waals surface area contributed by atoms with E-state index >= 15 is 0 Å². The van der Waals surface area contributed by atoms with Gasteiger partial charge < -0.3 is 10.3 Å². The Labute approximate surface area is 95.6 Å². The van der Waals surface area contributed by atoms with E-state index in [0.717, 1.165) is 0 Å². The number of H-pyrrole nitrogens is 2. The summed E-state index contributed by atoms with van der Waals surface area (Å²) in [4.78, 5) is 28.4. The van der Waals surface area contributed by atoms with Crippen LogP contribution in [0.4, 0.5) is 0 Å². The first-order chi connectivity index (χ1) is 8.18. The number of amides is 1. The largest absolute Gasteiger partial charge is 0.345 e. The predicted molar refractivity (Wildman–Crippen MR) is 60.1 cm³/mol. The molecule has 0 aliphatic carbocycles. The predicted octanol–water partition coefficient (Wildman–Crippen LogP) is -0.866. The molecule has 7 heteroatoms. The molecule has 2 heterocycles. The molecular weight excluding hydrogens is 222 g/mol. The molecular formula is C10H9N5O2. The summed E-state index contributed by atoms with van der Waals surface area (Å²) in [6.07, 6.45) is 1.28. The van der Waals surface area contributed by atoms with Crippen molar-refractivity contribution in [2.45, 2.75) is 6.92 Å². The van der Waals surface area contributed by atoms with Gasteiger partial charge in [0.2, 0.25) is 5.91 Å². The van der Waals surface area contributed by atoms with Crippen molar-refractivity contribution >= 4 is 16.9 Å². The number of hydrogen-bond donors (Lipinski definition) is 3. The zero-order valence-electron chi connectivity index (χ0n) is 9.00. The topological polar surface area (TPSA) is 104 Å². The number of carbonyl (C=O) groups is 1. The number of nitrogens with one attached hydrogen (secondary N) is 3. The fourth-order valence-electron chi connectivity index (χ4n) is 1.26. The van der Waals surface area contributed by atoms with Crippen molar-refractivity contribution in [2.75, 3.05) is 6.54 Å². The molecule has 1 amide bonds. The molecule has 0 aromatic carbocycles. The van der Waals surface area contributed by atoms with Crippen LogP contribution in [0.5, 0.6) is 0 Å². The lowest BCUT2D eigenvalue weighted by molar-refractivity contribution is -0.118. The van der Waals surface area contributed by atoms with Gasteiger partial charge in [0.15, 0.2) is 5.65 Å². The van der Waals surface area contributed by atoms with Crippen molar-refractivity contribution in [3.8, 4) is 11.8 Å². The second-order valence-electron chi connectivity index (χ2n) is 3.24. The molecule has 0 saturated carbocycles. The molecule has 0 aliphatic heterocycles. The second kappa shape index (κ2) is 4.49. The SMILES string of the molecule is CC(=O)NCC#Cc1[nH]nc2nc[nH]c(=O)c12. The number of aromatic nitrogens is 4. The Hall–Kier alpha value is -2.62. The lowest BCUT2D eigenvalue weighted by Crippen LogP contribution is -2.19. The van der Waals surface area contributed by atoms with Gasteiger partial charge in [-0.1, -0.05) is 5.92 Å². The van der Waals surface area contributed by atoms with Crippen LogP contribution in [0.1, 0.15) is 12.6 Å². The molecule has 2 aromatic rings. The van der Waals surface area contributed by atoms with E-state index < -0.39 is 0 Å². The number of rotatable bonds is 1. The summed E-state index contributed by atoms with van der Waals surface area (Å²) in [6.45, 7) is 1.62. The van der Waals surface area contributed by atoms with Gasteiger partial charge in [-0.25, -0.2) is 4.98 Å². The molecule has 0 saturated heterocycles. The standard InChI is InChI=1S/C10H9N5O2/c1-6(16)11-4-2-3-7-8-9(15-14-7)12-5-13-10(8)17/h5H,4H2,1H3,(H,11,16)(H2,12,13,14,15,17). The minimum Gasteiger partial charge on any atom is -0.345 e. The van der Waals surface area contributed by atoms with Crippen LogP contribution in [0.2, 0.25) is 0 Å². The van der Waals surface area contributed by atoms with Gasteiger partial charge in [-0.05, 0) is 5.92 Å². The van der Waals surface area contributed by atoms with Crippen LogP contribution < -0.4 is 10.9 Å². The smallest absolute Gasteiger partial charge is 0.263 e. The van der Waals surface area contributed by atoms with Gasteiger partial charge in [0.1, 0.15) is 11.1 Å². The van der Waals surface area contributed by atoms with Crippen LogP contribution in [0.15, 0.2) is 11.1 Å². The Bertz CT molecular complexity index is 673. The Morgan fingerprint density at radius 3 is 3.18 bits per heavy atom. The van der Waals surface area contributed by atoms with Crippen molar-refractivity contribution in [2.24, 2.45) is 0 Å². The molecule has 0 bridgehead atoms. The van der Waals surface area contributed by atoms with Gasteiger partial charge in [-0.15, -0.1) is 0 Å². The molecule has 3 N–H and O–H groups in total. The average molecular weight is 231 g/mol. The highest BCUT2D eigenvalue weighted by molar-refractivity contribution is 5.79. The van der Waals surface area contributed by atoms with E-state index in [9.17, 15) is 9.59 Å². The fourth-order valence-corrected chi connectivity index (χ4v) is 1.26. The highest BCUT2D eigenvalue weighted by atomic mass is 16.1. The first-order valence-corrected chi connectivity index (χ1v) is 4.83. The summed E-state index contributed by atoms with van der Waals surface area (Å²) in [5, 5.41) is 9.32. The first kappa shape index (κ1) is 10.9. The summed E-state index contributed by atoms with van der Waals surface area (Å²) < 4.78 is 0. The molecule has 0 aliphatic rings. The third-order valence-electron chi connectivity index (χ3n) is 2.00. The van der Waals surface area contributed by atoms with E-state index in [-0.39, 0.29) is 18.0 Å². The van der Waals surface area contributed by atoms with E-state index in [4.69, 9.17) is 0 Å². The van der Waals surface area contributed by atoms with Gasteiger partial charge in [0, 0.05) is 6.92 Å². The monoisotopic (exact) mass is 231 g/mol. The van der Waals surface area contributed by atoms with Crippen LogP contribution in [-0.4, -0.2) is 32.6 Å². The molecule has 0 unspecified atom stereocenters. The molecule has 0 atom stereocenters. The molecule has 17 heavy (non-hydrogen) atoms. The normalized spacial score (nSPS) is 9.71. The van der Waals surface area contributed by atoms with E-state index in [0.29, 0.717) is 16.7 Å². The molecule has 2 rings (SSSR count). The maximum absolute atomic E-state index is 11.5. The van der Waals surface area contributed by atoms with Gasteiger partial charge in [-0.2, -0.15) is 5.10 Å². The van der Waals surface area contributed by atoms with Gasteiger partial charge in [-0.3, -0.25) is 14.7 Å². The van der Waals surface area contributed by atoms with E-state index in [1.165, 1.54) is 13.3 Å². The summed E-state index contributed by atoms with van der Waals surface area (Å²) in [6, 6.07) is 0. The van der Waals surface area contributed by atoms with Crippen LogP contribution in [0.3, 0.4) is 0 Å². The Morgan fingerprint density at radius 2 is 2.41 bits per heavy atom.